The van der Waals surface area contributed by atoms with E-state index in [1.807, 2.05) is 24.3 Å². The third-order valence-electron chi connectivity index (χ3n) is 2.42. The molecule has 1 N–H and O–H groups in total. The first-order chi connectivity index (χ1) is 8.79. The summed E-state index contributed by atoms with van der Waals surface area (Å²) in [5.74, 6) is 1.38. The Bertz CT molecular complexity index is 499. The number of rotatable bonds is 6. The molecule has 0 bridgehead atoms. The number of nitrogens with one attached hydrogen (secondary N) is 1. The number of aromatic nitrogens is 1. The smallest absolute Gasteiger partial charge is 0.208 e. The molecule has 0 spiro atoms. The van der Waals surface area contributed by atoms with Crippen LogP contribution in [0.2, 0.25) is 5.02 Å². The fraction of sp³-hybridized carbons (Fsp3) is 0.308. The van der Waals surface area contributed by atoms with E-state index in [-0.39, 0.29) is 0 Å². The van der Waals surface area contributed by atoms with Crippen LogP contribution in [0.15, 0.2) is 34.9 Å². The molecule has 0 fully saturated rings. The number of hydrogen-bond acceptors (Lipinski definition) is 4. The largest absolute Gasteiger partial charge is 0.439 e. The van der Waals surface area contributed by atoms with E-state index in [0.29, 0.717) is 24.1 Å². The van der Waals surface area contributed by atoms with Gasteiger partial charge in [0.2, 0.25) is 5.89 Å². The maximum atomic E-state index is 5.93. The quantitative estimate of drug-likeness (QED) is 0.817. The van der Waals surface area contributed by atoms with E-state index < -0.39 is 0 Å². The summed E-state index contributed by atoms with van der Waals surface area (Å²) < 4.78 is 10.6. The van der Waals surface area contributed by atoms with Crippen LogP contribution >= 0.6 is 11.6 Å². The molecule has 0 aliphatic rings. The number of hydrogen-bond donors (Lipinski definition) is 1. The van der Waals surface area contributed by atoms with Crippen LogP contribution in [0, 0.1) is 0 Å². The van der Waals surface area contributed by atoms with Crippen LogP contribution in [0.4, 0.5) is 0 Å². The first-order valence-corrected chi connectivity index (χ1v) is 6.07. The van der Waals surface area contributed by atoms with Gasteiger partial charge in [-0.05, 0) is 12.1 Å². The summed E-state index contributed by atoms with van der Waals surface area (Å²) in [5, 5.41) is 3.86. The van der Waals surface area contributed by atoms with Gasteiger partial charge in [0, 0.05) is 24.2 Å². The van der Waals surface area contributed by atoms with E-state index >= 15 is 0 Å². The highest BCUT2D eigenvalue weighted by Crippen LogP contribution is 2.23. The number of oxazole rings is 1. The minimum atomic E-state index is 0.587. The minimum Gasteiger partial charge on any atom is -0.439 e. The standard InChI is InChI=1S/C13H15ClN2O2/c1-17-6-5-15-9-13-16-8-12(18-13)10-3-2-4-11(14)7-10/h2-4,7-8,15H,5-6,9H2,1H3. The molecule has 1 heterocycles. The lowest BCUT2D eigenvalue weighted by Gasteiger charge is -2.00. The number of nitrogens with zero attached hydrogens (tertiary/aromatic N) is 1. The molecule has 18 heavy (non-hydrogen) atoms. The average Bonchev–Trinajstić information content (AvgIpc) is 2.83. The van der Waals surface area contributed by atoms with Gasteiger partial charge in [-0.25, -0.2) is 4.98 Å². The molecule has 2 aromatic rings. The zero-order valence-corrected chi connectivity index (χ0v) is 10.9. The first-order valence-electron chi connectivity index (χ1n) is 5.70. The number of benzene rings is 1. The summed E-state index contributed by atoms with van der Waals surface area (Å²) in [7, 11) is 1.67. The molecule has 2 rings (SSSR count). The summed E-state index contributed by atoms with van der Waals surface area (Å²) in [5.41, 5.74) is 0.929. The van der Waals surface area contributed by atoms with Crippen LogP contribution in [0.3, 0.4) is 0 Å². The molecule has 0 saturated carbocycles. The summed E-state index contributed by atoms with van der Waals surface area (Å²) in [4.78, 5) is 4.21. The second-order valence-corrected chi connectivity index (χ2v) is 4.23. The molecule has 5 heteroatoms. The Labute approximate surface area is 111 Å². The number of methoxy groups -OCH3 is 1. The summed E-state index contributed by atoms with van der Waals surface area (Å²) >= 11 is 5.93. The summed E-state index contributed by atoms with van der Waals surface area (Å²) in [6.07, 6.45) is 1.71. The Morgan fingerprint density at radius 2 is 2.33 bits per heavy atom. The zero-order chi connectivity index (χ0) is 12.8. The van der Waals surface area contributed by atoms with Crippen molar-refractivity contribution in [2.24, 2.45) is 0 Å². The molecule has 0 unspecified atom stereocenters. The van der Waals surface area contributed by atoms with E-state index in [0.717, 1.165) is 17.9 Å². The van der Waals surface area contributed by atoms with E-state index in [4.69, 9.17) is 20.8 Å². The second kappa shape index (κ2) is 6.54. The average molecular weight is 267 g/mol. The van der Waals surface area contributed by atoms with Gasteiger partial charge < -0.3 is 14.5 Å². The lowest BCUT2D eigenvalue weighted by atomic mass is 10.2. The van der Waals surface area contributed by atoms with E-state index in [9.17, 15) is 0 Å². The fourth-order valence-corrected chi connectivity index (χ4v) is 1.73. The van der Waals surface area contributed by atoms with Crippen molar-refractivity contribution in [1.82, 2.24) is 10.3 Å². The van der Waals surface area contributed by atoms with Gasteiger partial charge in [0.15, 0.2) is 5.76 Å². The molecule has 0 radical (unpaired) electrons. The van der Waals surface area contributed by atoms with Gasteiger partial charge in [-0.1, -0.05) is 23.7 Å². The lowest BCUT2D eigenvalue weighted by molar-refractivity contribution is 0.198. The van der Waals surface area contributed by atoms with Crippen molar-refractivity contribution < 1.29 is 9.15 Å². The van der Waals surface area contributed by atoms with Crippen molar-refractivity contribution >= 4 is 11.6 Å². The summed E-state index contributed by atoms with van der Waals surface area (Å²) in [6, 6.07) is 7.50. The molecular formula is C13H15ClN2O2. The third kappa shape index (κ3) is 3.57. The van der Waals surface area contributed by atoms with Crippen molar-refractivity contribution in [2.75, 3.05) is 20.3 Å². The molecule has 0 amide bonds. The monoisotopic (exact) mass is 266 g/mol. The highest BCUT2D eigenvalue weighted by atomic mass is 35.5. The fourth-order valence-electron chi connectivity index (χ4n) is 1.54. The Balaban J connectivity index is 1.97. The molecule has 0 aliphatic carbocycles. The SMILES string of the molecule is COCCNCc1ncc(-c2cccc(Cl)c2)o1. The molecule has 0 saturated heterocycles. The van der Waals surface area contributed by atoms with Crippen LogP contribution in [0.25, 0.3) is 11.3 Å². The van der Waals surface area contributed by atoms with Crippen molar-refractivity contribution in [3.63, 3.8) is 0 Å². The molecule has 1 aromatic carbocycles. The van der Waals surface area contributed by atoms with Gasteiger partial charge in [-0.2, -0.15) is 0 Å². The molecule has 96 valence electrons. The van der Waals surface area contributed by atoms with Gasteiger partial charge >= 0.3 is 0 Å². The predicted molar refractivity (Wildman–Crippen MR) is 70.5 cm³/mol. The third-order valence-corrected chi connectivity index (χ3v) is 2.66. The number of halogens is 1. The molecule has 0 atom stereocenters. The number of ether oxygens (including phenoxy) is 1. The van der Waals surface area contributed by atoms with Crippen molar-refractivity contribution in [2.45, 2.75) is 6.54 Å². The molecule has 0 aliphatic heterocycles. The minimum absolute atomic E-state index is 0.587. The van der Waals surface area contributed by atoms with Crippen LogP contribution < -0.4 is 5.32 Å². The van der Waals surface area contributed by atoms with E-state index in [1.165, 1.54) is 0 Å². The topological polar surface area (TPSA) is 47.3 Å². The Morgan fingerprint density at radius 1 is 1.44 bits per heavy atom. The van der Waals surface area contributed by atoms with Crippen LogP contribution in [-0.2, 0) is 11.3 Å². The zero-order valence-electron chi connectivity index (χ0n) is 10.1. The van der Waals surface area contributed by atoms with Gasteiger partial charge in [-0.3, -0.25) is 0 Å². The van der Waals surface area contributed by atoms with E-state index in [2.05, 4.69) is 10.3 Å². The van der Waals surface area contributed by atoms with Crippen molar-refractivity contribution in [3.05, 3.63) is 41.4 Å². The second-order valence-electron chi connectivity index (χ2n) is 3.80. The Kier molecular flexibility index (Phi) is 4.75. The molecular weight excluding hydrogens is 252 g/mol. The molecule has 4 nitrogen and oxygen atoms in total. The highest BCUT2D eigenvalue weighted by Gasteiger charge is 2.06. The summed E-state index contributed by atoms with van der Waals surface area (Å²) in [6.45, 7) is 2.02. The van der Waals surface area contributed by atoms with Gasteiger partial charge in [0.1, 0.15) is 0 Å². The van der Waals surface area contributed by atoms with E-state index in [1.54, 1.807) is 13.3 Å². The highest BCUT2D eigenvalue weighted by molar-refractivity contribution is 6.30. The van der Waals surface area contributed by atoms with Gasteiger partial charge in [0.05, 0.1) is 19.3 Å². The van der Waals surface area contributed by atoms with Crippen molar-refractivity contribution in [1.29, 1.82) is 0 Å². The Morgan fingerprint density at radius 3 is 3.11 bits per heavy atom. The van der Waals surface area contributed by atoms with Gasteiger partial charge in [-0.15, -0.1) is 0 Å². The van der Waals surface area contributed by atoms with Crippen LogP contribution in [0.5, 0.6) is 0 Å². The maximum absolute atomic E-state index is 5.93. The van der Waals surface area contributed by atoms with Crippen LogP contribution in [0.1, 0.15) is 5.89 Å². The Hall–Kier alpha value is -1.36. The first kappa shape index (κ1) is 13.1. The van der Waals surface area contributed by atoms with Crippen molar-refractivity contribution in [3.8, 4) is 11.3 Å². The maximum Gasteiger partial charge on any atom is 0.208 e. The predicted octanol–water partition coefficient (Wildman–Crippen LogP) is 2.73. The molecule has 1 aromatic heterocycles. The van der Waals surface area contributed by atoms with Gasteiger partial charge in [0.25, 0.3) is 0 Å². The normalized spacial score (nSPS) is 10.8. The lowest BCUT2D eigenvalue weighted by Crippen LogP contribution is -2.18. The van der Waals surface area contributed by atoms with Crippen LogP contribution in [-0.4, -0.2) is 25.2 Å².